The van der Waals surface area contributed by atoms with Crippen LogP contribution in [-0.2, 0) is 5.41 Å². The maximum Gasteiger partial charge on any atom is 0.186 e. The van der Waals surface area contributed by atoms with Crippen molar-refractivity contribution in [2.45, 2.75) is 33.1 Å². The normalized spacial score (nSPS) is 15.1. The van der Waals surface area contributed by atoms with Gasteiger partial charge < -0.3 is 9.80 Å². The standard InChI is InChI=1S/C19H23FN6/c1-13-16(20)17(24-18(23-13)19(2,3)4)26-9-7-25(8-10-26)15-6-5-14(11-21)12-22-15/h5-6,12H,7-10H2,1-4H3. The highest BCUT2D eigenvalue weighted by atomic mass is 19.1. The molecule has 1 aliphatic rings. The van der Waals surface area contributed by atoms with Gasteiger partial charge in [-0.25, -0.2) is 19.3 Å². The third-order valence-electron chi connectivity index (χ3n) is 4.45. The molecule has 1 aliphatic heterocycles. The monoisotopic (exact) mass is 354 g/mol. The average Bonchev–Trinajstić information content (AvgIpc) is 2.63. The van der Waals surface area contributed by atoms with Crippen LogP contribution in [0.2, 0.25) is 0 Å². The molecule has 3 heterocycles. The van der Waals surface area contributed by atoms with Crippen LogP contribution in [0.25, 0.3) is 0 Å². The van der Waals surface area contributed by atoms with Gasteiger partial charge in [-0.1, -0.05) is 20.8 Å². The van der Waals surface area contributed by atoms with Gasteiger partial charge in [0.1, 0.15) is 17.7 Å². The summed E-state index contributed by atoms with van der Waals surface area (Å²) in [4.78, 5) is 17.3. The van der Waals surface area contributed by atoms with E-state index in [2.05, 4.69) is 25.9 Å². The highest BCUT2D eigenvalue weighted by molar-refractivity contribution is 5.47. The van der Waals surface area contributed by atoms with Crippen molar-refractivity contribution in [3.05, 3.63) is 41.2 Å². The van der Waals surface area contributed by atoms with Gasteiger partial charge in [-0.15, -0.1) is 0 Å². The highest BCUT2D eigenvalue weighted by Crippen LogP contribution is 2.26. The smallest absolute Gasteiger partial charge is 0.186 e. The van der Waals surface area contributed by atoms with Gasteiger partial charge in [0, 0.05) is 37.8 Å². The van der Waals surface area contributed by atoms with Gasteiger partial charge in [-0.05, 0) is 19.1 Å². The van der Waals surface area contributed by atoms with Crippen LogP contribution in [0.1, 0.15) is 37.9 Å². The SMILES string of the molecule is Cc1nc(C(C)(C)C)nc(N2CCN(c3ccc(C#N)cn3)CC2)c1F. The summed E-state index contributed by atoms with van der Waals surface area (Å²) >= 11 is 0. The molecule has 0 aromatic carbocycles. The molecule has 0 radical (unpaired) electrons. The number of nitrogens with zero attached hydrogens (tertiary/aromatic N) is 6. The fourth-order valence-electron chi connectivity index (χ4n) is 2.88. The Morgan fingerprint density at radius 2 is 1.73 bits per heavy atom. The Kier molecular flexibility index (Phi) is 4.77. The molecule has 1 fully saturated rings. The van der Waals surface area contributed by atoms with E-state index in [4.69, 9.17) is 5.26 Å². The molecule has 7 heteroatoms. The molecule has 6 nitrogen and oxygen atoms in total. The van der Waals surface area contributed by atoms with Crippen LogP contribution in [0, 0.1) is 24.1 Å². The lowest BCUT2D eigenvalue weighted by molar-refractivity contribution is 0.516. The molecule has 3 rings (SSSR count). The number of pyridine rings is 1. The van der Waals surface area contributed by atoms with Gasteiger partial charge in [0.2, 0.25) is 0 Å². The summed E-state index contributed by atoms with van der Waals surface area (Å²) < 4.78 is 14.6. The molecule has 0 N–H and O–H groups in total. The fourth-order valence-corrected chi connectivity index (χ4v) is 2.88. The first-order valence-corrected chi connectivity index (χ1v) is 8.70. The van der Waals surface area contributed by atoms with Crippen LogP contribution in [0.5, 0.6) is 0 Å². The number of aromatic nitrogens is 3. The minimum atomic E-state index is -0.344. The van der Waals surface area contributed by atoms with E-state index in [9.17, 15) is 4.39 Å². The lowest BCUT2D eigenvalue weighted by Crippen LogP contribution is -2.47. The Labute approximate surface area is 153 Å². The summed E-state index contributed by atoms with van der Waals surface area (Å²) in [5.41, 5.74) is 0.693. The molecular weight excluding hydrogens is 331 g/mol. The van der Waals surface area contributed by atoms with Crippen LogP contribution >= 0.6 is 0 Å². The lowest BCUT2D eigenvalue weighted by Gasteiger charge is -2.36. The quantitative estimate of drug-likeness (QED) is 0.826. The van der Waals surface area contributed by atoms with Crippen molar-refractivity contribution >= 4 is 11.6 Å². The molecule has 0 spiro atoms. The molecular formula is C19H23FN6. The number of anilines is 2. The molecule has 0 aliphatic carbocycles. The largest absolute Gasteiger partial charge is 0.353 e. The number of hydrogen-bond donors (Lipinski definition) is 0. The second-order valence-corrected chi connectivity index (χ2v) is 7.51. The molecule has 0 saturated carbocycles. The fraction of sp³-hybridized carbons (Fsp3) is 0.474. The van der Waals surface area contributed by atoms with Crippen molar-refractivity contribution in [3.8, 4) is 6.07 Å². The molecule has 0 bridgehead atoms. The van der Waals surface area contributed by atoms with Gasteiger partial charge in [0.15, 0.2) is 11.6 Å². The summed E-state index contributed by atoms with van der Waals surface area (Å²) in [7, 11) is 0. The van der Waals surface area contributed by atoms with E-state index in [0.29, 0.717) is 49.1 Å². The van der Waals surface area contributed by atoms with Crippen LogP contribution in [0.15, 0.2) is 18.3 Å². The Hall–Kier alpha value is -2.75. The predicted molar refractivity (Wildman–Crippen MR) is 98.8 cm³/mol. The van der Waals surface area contributed by atoms with E-state index in [1.807, 2.05) is 31.7 Å². The summed E-state index contributed by atoms with van der Waals surface area (Å²) in [6.45, 7) is 10.5. The summed E-state index contributed by atoms with van der Waals surface area (Å²) in [6.07, 6.45) is 1.57. The summed E-state index contributed by atoms with van der Waals surface area (Å²) in [5.74, 6) is 1.53. The minimum absolute atomic E-state index is 0.235. The van der Waals surface area contributed by atoms with Crippen LogP contribution in [-0.4, -0.2) is 41.1 Å². The number of hydrogen-bond acceptors (Lipinski definition) is 6. The highest BCUT2D eigenvalue weighted by Gasteiger charge is 2.26. The van der Waals surface area contributed by atoms with Crippen LogP contribution < -0.4 is 9.80 Å². The maximum atomic E-state index is 14.6. The van der Waals surface area contributed by atoms with E-state index in [1.165, 1.54) is 0 Å². The first-order chi connectivity index (χ1) is 12.3. The van der Waals surface area contributed by atoms with Crippen LogP contribution in [0.3, 0.4) is 0 Å². The maximum absolute atomic E-state index is 14.6. The van der Waals surface area contributed by atoms with Gasteiger partial charge in [0.25, 0.3) is 0 Å². The second-order valence-electron chi connectivity index (χ2n) is 7.51. The summed E-state index contributed by atoms with van der Waals surface area (Å²) in [6, 6.07) is 5.68. The molecule has 0 unspecified atom stereocenters. The molecule has 2 aromatic heterocycles. The van der Waals surface area contributed by atoms with Crippen molar-refractivity contribution in [2.24, 2.45) is 0 Å². The van der Waals surface area contributed by atoms with E-state index in [0.717, 1.165) is 5.82 Å². The molecule has 0 amide bonds. The van der Waals surface area contributed by atoms with Gasteiger partial charge in [0.05, 0.1) is 11.3 Å². The van der Waals surface area contributed by atoms with E-state index >= 15 is 0 Å². The van der Waals surface area contributed by atoms with Gasteiger partial charge in [-0.2, -0.15) is 5.26 Å². The molecule has 136 valence electrons. The molecule has 1 saturated heterocycles. The number of rotatable bonds is 2. The van der Waals surface area contributed by atoms with Crippen molar-refractivity contribution < 1.29 is 4.39 Å². The van der Waals surface area contributed by atoms with Crippen molar-refractivity contribution in [3.63, 3.8) is 0 Å². The number of halogens is 1. The van der Waals surface area contributed by atoms with Crippen molar-refractivity contribution in [1.82, 2.24) is 15.0 Å². The zero-order valence-electron chi connectivity index (χ0n) is 15.6. The predicted octanol–water partition coefficient (Wildman–Crippen LogP) is 2.81. The van der Waals surface area contributed by atoms with Gasteiger partial charge in [-0.3, -0.25) is 0 Å². The van der Waals surface area contributed by atoms with Gasteiger partial charge >= 0.3 is 0 Å². The topological polar surface area (TPSA) is 68.9 Å². The molecule has 0 atom stereocenters. The number of nitriles is 1. The molecule has 2 aromatic rings. The number of piperazine rings is 1. The van der Waals surface area contributed by atoms with E-state index in [1.54, 1.807) is 19.2 Å². The van der Waals surface area contributed by atoms with Crippen LogP contribution in [0.4, 0.5) is 16.0 Å². The lowest BCUT2D eigenvalue weighted by atomic mass is 9.95. The van der Waals surface area contributed by atoms with E-state index in [-0.39, 0.29) is 11.2 Å². The average molecular weight is 354 g/mol. The summed E-state index contributed by atoms with van der Waals surface area (Å²) in [5, 5.41) is 8.87. The zero-order valence-corrected chi connectivity index (χ0v) is 15.6. The third-order valence-corrected chi connectivity index (χ3v) is 4.45. The second kappa shape index (κ2) is 6.87. The Morgan fingerprint density at radius 3 is 2.27 bits per heavy atom. The van der Waals surface area contributed by atoms with Crippen molar-refractivity contribution in [1.29, 1.82) is 5.26 Å². The Morgan fingerprint density at radius 1 is 1.08 bits per heavy atom. The first-order valence-electron chi connectivity index (χ1n) is 8.70. The Bertz CT molecular complexity index is 827. The Balaban J connectivity index is 1.77. The zero-order chi connectivity index (χ0) is 18.9. The third kappa shape index (κ3) is 3.59. The van der Waals surface area contributed by atoms with E-state index < -0.39 is 0 Å². The minimum Gasteiger partial charge on any atom is -0.353 e. The van der Waals surface area contributed by atoms with Crippen molar-refractivity contribution in [2.75, 3.05) is 36.0 Å². The molecule has 26 heavy (non-hydrogen) atoms. The number of aryl methyl sites for hydroxylation is 1. The first kappa shape index (κ1) is 18.1.